The van der Waals surface area contributed by atoms with Gasteiger partial charge >= 0.3 is 0 Å². The first-order valence-electron chi connectivity index (χ1n) is 4.31. The molecule has 0 aliphatic carbocycles. The van der Waals surface area contributed by atoms with Crippen LogP contribution >= 0.6 is 0 Å². The van der Waals surface area contributed by atoms with Gasteiger partial charge in [0.15, 0.2) is 0 Å². The zero-order valence-electron chi connectivity index (χ0n) is 9.13. The molecule has 0 saturated carbocycles. The van der Waals surface area contributed by atoms with Crippen LogP contribution in [0.15, 0.2) is 12.7 Å². The minimum absolute atomic E-state index is 0.435. The van der Waals surface area contributed by atoms with E-state index in [1.54, 1.807) is 7.11 Å². The first kappa shape index (κ1) is 17.7. The summed E-state index contributed by atoms with van der Waals surface area (Å²) in [5.41, 5.74) is 0. The zero-order valence-corrected chi connectivity index (χ0v) is 9.13. The molecule has 0 aromatic carbocycles. The van der Waals surface area contributed by atoms with Crippen molar-refractivity contribution in [3.05, 3.63) is 12.7 Å². The molecule has 0 heterocycles. The third kappa shape index (κ3) is 33.4. The van der Waals surface area contributed by atoms with Crippen LogP contribution in [0.5, 0.6) is 0 Å². The lowest BCUT2D eigenvalue weighted by atomic mass is 10.3. The summed E-state index contributed by atoms with van der Waals surface area (Å²) in [6.07, 6.45) is 4.50. The van der Waals surface area contributed by atoms with Gasteiger partial charge in [0.25, 0.3) is 0 Å². The molecule has 0 aromatic rings. The fraction of sp³-hybridized carbons (Fsp3) is 0.800. The molecule has 1 N–H and O–H groups in total. The predicted octanol–water partition coefficient (Wildman–Crippen LogP) is 2.62. The average molecular weight is 176 g/mol. The quantitative estimate of drug-likeness (QED) is 0.670. The molecule has 12 heavy (non-hydrogen) atoms. The van der Waals surface area contributed by atoms with Crippen molar-refractivity contribution in [3.8, 4) is 0 Å². The molecule has 2 heteroatoms. The molecule has 0 fully saturated rings. The maximum Gasteiger partial charge on any atom is 0.0540 e. The van der Waals surface area contributed by atoms with E-state index in [2.05, 4.69) is 27.4 Å². The summed E-state index contributed by atoms with van der Waals surface area (Å²) in [6, 6.07) is 0. The van der Waals surface area contributed by atoms with E-state index in [0.29, 0.717) is 6.10 Å². The Hall–Kier alpha value is -0.340. The largest absolute Gasteiger partial charge is 0.400 e. The van der Waals surface area contributed by atoms with Crippen LogP contribution in [0.2, 0.25) is 0 Å². The lowest BCUT2D eigenvalue weighted by Gasteiger charge is -2.01. The van der Waals surface area contributed by atoms with E-state index < -0.39 is 0 Å². The molecule has 2 nitrogen and oxygen atoms in total. The fourth-order valence-corrected chi connectivity index (χ4v) is 0.167. The number of methoxy groups -OCH3 is 1. The summed E-state index contributed by atoms with van der Waals surface area (Å²) in [5, 5.41) is 7.00. The van der Waals surface area contributed by atoms with E-state index >= 15 is 0 Å². The highest BCUT2D eigenvalue weighted by Crippen LogP contribution is 1.89. The molecule has 0 saturated heterocycles. The van der Waals surface area contributed by atoms with Gasteiger partial charge < -0.3 is 9.84 Å². The Labute approximate surface area is 77.3 Å². The first-order valence-corrected chi connectivity index (χ1v) is 4.31. The van der Waals surface area contributed by atoms with E-state index in [4.69, 9.17) is 9.84 Å². The van der Waals surface area contributed by atoms with Gasteiger partial charge in [0.05, 0.1) is 6.10 Å². The third-order valence-corrected chi connectivity index (χ3v) is 1.27. The van der Waals surface area contributed by atoms with Crippen molar-refractivity contribution in [3.63, 3.8) is 0 Å². The molecule has 1 atom stereocenters. The molecule has 0 rings (SSSR count). The van der Waals surface area contributed by atoms with Crippen LogP contribution in [0.4, 0.5) is 0 Å². The van der Waals surface area contributed by atoms with Crippen molar-refractivity contribution < 1.29 is 9.84 Å². The second-order valence-electron chi connectivity index (χ2n) is 2.15. The van der Waals surface area contributed by atoms with Gasteiger partial charge in [-0.15, -0.1) is 6.58 Å². The normalized spacial score (nSPS) is 9.83. The molecule has 0 aromatic heterocycles. The Morgan fingerprint density at radius 1 is 1.42 bits per heavy atom. The molecular formula is C10H24O2. The van der Waals surface area contributed by atoms with Crippen LogP contribution in [0, 0.1) is 0 Å². The fourth-order valence-electron chi connectivity index (χ4n) is 0.167. The van der Waals surface area contributed by atoms with Crippen molar-refractivity contribution in [1.82, 2.24) is 0 Å². The standard InChI is InChI=1S/C5H12O.C4H8.CH4O/c1-4-5(2)6-3;1-3-4-2;1-2/h5H,4H2,1-3H3;3H,1,4H2,2H3;2H,1H3. The molecule has 0 radical (unpaired) electrons. The van der Waals surface area contributed by atoms with E-state index in [-0.39, 0.29) is 0 Å². The number of hydrogen-bond donors (Lipinski definition) is 1. The molecular weight excluding hydrogens is 152 g/mol. The van der Waals surface area contributed by atoms with Gasteiger partial charge in [0, 0.05) is 14.2 Å². The highest BCUT2D eigenvalue weighted by atomic mass is 16.5. The maximum absolute atomic E-state index is 7.00. The minimum atomic E-state index is 0.435. The molecule has 0 aliphatic heterocycles. The lowest BCUT2D eigenvalue weighted by molar-refractivity contribution is 0.115. The minimum Gasteiger partial charge on any atom is -0.400 e. The van der Waals surface area contributed by atoms with Gasteiger partial charge in [-0.3, -0.25) is 0 Å². The summed E-state index contributed by atoms with van der Waals surface area (Å²) in [5.74, 6) is 0. The average Bonchev–Trinajstić information content (AvgIpc) is 2.20. The number of ether oxygens (including phenoxy) is 1. The molecule has 0 spiro atoms. The van der Waals surface area contributed by atoms with Crippen molar-refractivity contribution in [2.45, 2.75) is 39.7 Å². The Morgan fingerprint density at radius 3 is 1.75 bits per heavy atom. The second kappa shape index (κ2) is 22.4. The molecule has 0 bridgehead atoms. The predicted molar refractivity (Wildman–Crippen MR) is 55.4 cm³/mol. The molecule has 0 aliphatic rings. The third-order valence-electron chi connectivity index (χ3n) is 1.27. The summed E-state index contributed by atoms with van der Waals surface area (Å²) in [7, 11) is 2.73. The number of aliphatic hydroxyl groups is 1. The van der Waals surface area contributed by atoms with Crippen LogP contribution in [0.3, 0.4) is 0 Å². The van der Waals surface area contributed by atoms with E-state index in [1.807, 2.05) is 6.08 Å². The van der Waals surface area contributed by atoms with Crippen LogP contribution in [0.25, 0.3) is 0 Å². The van der Waals surface area contributed by atoms with Gasteiger partial charge in [-0.05, 0) is 19.8 Å². The highest BCUT2D eigenvalue weighted by molar-refractivity contribution is 4.60. The number of aliphatic hydroxyl groups excluding tert-OH is 1. The van der Waals surface area contributed by atoms with Gasteiger partial charge in [-0.25, -0.2) is 0 Å². The van der Waals surface area contributed by atoms with Crippen molar-refractivity contribution in [2.24, 2.45) is 0 Å². The van der Waals surface area contributed by atoms with E-state index in [1.165, 1.54) is 0 Å². The second-order valence-corrected chi connectivity index (χ2v) is 2.15. The van der Waals surface area contributed by atoms with Crippen molar-refractivity contribution in [2.75, 3.05) is 14.2 Å². The van der Waals surface area contributed by atoms with Crippen molar-refractivity contribution >= 4 is 0 Å². The van der Waals surface area contributed by atoms with Crippen LogP contribution in [0.1, 0.15) is 33.6 Å². The summed E-state index contributed by atoms with van der Waals surface area (Å²) in [4.78, 5) is 0. The molecule has 1 unspecified atom stereocenters. The zero-order chi connectivity index (χ0) is 10.4. The highest BCUT2D eigenvalue weighted by Gasteiger charge is 1.88. The Morgan fingerprint density at radius 2 is 1.75 bits per heavy atom. The molecule has 0 amide bonds. The van der Waals surface area contributed by atoms with Gasteiger partial charge in [0.2, 0.25) is 0 Å². The smallest absolute Gasteiger partial charge is 0.0540 e. The Kier molecular flexibility index (Phi) is 33.0. The van der Waals surface area contributed by atoms with Crippen molar-refractivity contribution in [1.29, 1.82) is 0 Å². The van der Waals surface area contributed by atoms with Crippen LogP contribution in [-0.2, 0) is 4.74 Å². The molecule has 76 valence electrons. The Bertz CT molecular complexity index is 58.9. The van der Waals surface area contributed by atoms with Crippen LogP contribution < -0.4 is 0 Å². The SMILES string of the molecule is C=CCC.CCC(C)OC.CO. The summed E-state index contributed by atoms with van der Waals surface area (Å²) < 4.78 is 4.90. The number of rotatable bonds is 3. The first-order chi connectivity index (χ1) is 5.72. The topological polar surface area (TPSA) is 29.5 Å². The van der Waals surface area contributed by atoms with Crippen LogP contribution in [-0.4, -0.2) is 25.4 Å². The van der Waals surface area contributed by atoms with E-state index in [9.17, 15) is 0 Å². The summed E-state index contributed by atoms with van der Waals surface area (Å²) >= 11 is 0. The summed E-state index contributed by atoms with van der Waals surface area (Å²) in [6.45, 7) is 9.70. The van der Waals surface area contributed by atoms with Gasteiger partial charge in [0.1, 0.15) is 0 Å². The maximum atomic E-state index is 7.00. The van der Waals surface area contributed by atoms with E-state index in [0.717, 1.165) is 20.0 Å². The van der Waals surface area contributed by atoms with Gasteiger partial charge in [-0.2, -0.15) is 0 Å². The number of hydrogen-bond acceptors (Lipinski definition) is 2. The number of allylic oxidation sites excluding steroid dienone is 1. The monoisotopic (exact) mass is 176 g/mol. The van der Waals surface area contributed by atoms with Gasteiger partial charge in [-0.1, -0.05) is 19.9 Å². The lowest BCUT2D eigenvalue weighted by Crippen LogP contribution is -2.00. The Balaban J connectivity index is -0.000000118.